The molecular weight excluding hydrogens is 98.1 g/mol. The maximum atomic E-state index is 2.34. The summed E-state index contributed by atoms with van der Waals surface area (Å²) in [5.74, 6) is 1.11. The lowest BCUT2D eigenvalue weighted by atomic mass is 10.1. The van der Waals surface area contributed by atoms with E-state index in [1.165, 1.54) is 25.8 Å². The normalized spacial score (nSPS) is 52.9. The highest BCUT2D eigenvalue weighted by Crippen LogP contribution is 2.26. The molecule has 2 bridgehead atoms. The number of nitrogens with one attached hydrogen (secondary N) is 1. The molecule has 1 aliphatic carbocycles. The first-order valence-electron chi connectivity index (χ1n) is 3.68. The highest BCUT2D eigenvalue weighted by atomic mass is 15.2. The van der Waals surface area contributed by atoms with Crippen LogP contribution in [-0.2, 0) is 0 Å². The average molecular weight is 112 g/mol. The Bertz CT molecular complexity index is 98.6. The molecule has 1 saturated carbocycles. The van der Waals surface area contributed by atoms with E-state index in [9.17, 15) is 0 Å². The summed E-state index contributed by atoms with van der Waals surface area (Å²) in [5, 5.41) is 0. The molecule has 0 aromatic rings. The van der Waals surface area contributed by atoms with E-state index < -0.39 is 0 Å². The van der Waals surface area contributed by atoms with Crippen molar-refractivity contribution in [1.29, 1.82) is 0 Å². The number of rotatable bonds is 0. The molecule has 0 spiro atoms. The van der Waals surface area contributed by atoms with E-state index in [4.69, 9.17) is 0 Å². The number of hydrogen-bond acceptors (Lipinski definition) is 0. The lowest BCUT2D eigenvalue weighted by Gasteiger charge is -2.17. The molecule has 1 N–H and O–H groups in total. The Morgan fingerprint density at radius 3 is 2.50 bits per heavy atom. The Morgan fingerprint density at radius 1 is 1.38 bits per heavy atom. The second-order valence-corrected chi connectivity index (χ2v) is 3.43. The molecule has 1 saturated heterocycles. The smallest absolute Gasteiger partial charge is 0.0877 e. The molecule has 1 unspecified atom stereocenters. The second-order valence-electron chi connectivity index (χ2n) is 3.43. The third kappa shape index (κ3) is 0.510. The summed E-state index contributed by atoms with van der Waals surface area (Å²) >= 11 is 0. The third-order valence-corrected chi connectivity index (χ3v) is 2.85. The van der Waals surface area contributed by atoms with Gasteiger partial charge in [0.15, 0.2) is 0 Å². The molecule has 1 heteroatoms. The van der Waals surface area contributed by atoms with Crippen LogP contribution in [0.5, 0.6) is 0 Å². The predicted octanol–water partition coefficient (Wildman–Crippen LogP) is -0.317. The molecular formula is C7H14N+. The molecule has 0 aromatic carbocycles. The quantitative estimate of drug-likeness (QED) is 0.438. The number of likely N-dealkylation sites (tertiary alicyclic amines) is 1. The van der Waals surface area contributed by atoms with E-state index in [1.807, 2.05) is 0 Å². The van der Waals surface area contributed by atoms with Crippen molar-refractivity contribution in [3.8, 4) is 0 Å². The van der Waals surface area contributed by atoms with Crippen LogP contribution in [0.4, 0.5) is 0 Å². The summed E-state index contributed by atoms with van der Waals surface area (Å²) in [4.78, 5) is 1.79. The highest BCUT2D eigenvalue weighted by molar-refractivity contribution is 4.79. The van der Waals surface area contributed by atoms with E-state index in [0.717, 1.165) is 12.0 Å². The fourth-order valence-corrected chi connectivity index (χ4v) is 2.33. The van der Waals surface area contributed by atoms with E-state index in [2.05, 4.69) is 7.05 Å². The van der Waals surface area contributed by atoms with Crippen molar-refractivity contribution in [2.75, 3.05) is 13.6 Å². The summed E-state index contributed by atoms with van der Waals surface area (Å²) in [6, 6.07) is 1.06. The Hall–Kier alpha value is -0.0400. The van der Waals surface area contributed by atoms with Crippen molar-refractivity contribution in [3.63, 3.8) is 0 Å². The predicted molar refractivity (Wildman–Crippen MR) is 32.9 cm³/mol. The summed E-state index contributed by atoms with van der Waals surface area (Å²) in [6.45, 7) is 1.46. The van der Waals surface area contributed by atoms with Gasteiger partial charge in [0.05, 0.1) is 19.6 Å². The molecule has 0 radical (unpaired) electrons. The van der Waals surface area contributed by atoms with E-state index in [1.54, 1.807) is 4.90 Å². The molecule has 1 heterocycles. The highest BCUT2D eigenvalue weighted by Gasteiger charge is 2.39. The van der Waals surface area contributed by atoms with Crippen LogP contribution in [-0.4, -0.2) is 19.6 Å². The van der Waals surface area contributed by atoms with Crippen LogP contribution in [0.1, 0.15) is 19.3 Å². The summed E-state index contributed by atoms with van der Waals surface area (Å²) < 4.78 is 0. The first-order valence-corrected chi connectivity index (χ1v) is 3.68. The van der Waals surface area contributed by atoms with Gasteiger partial charge in [0.2, 0.25) is 0 Å². The maximum absolute atomic E-state index is 2.34. The van der Waals surface area contributed by atoms with Crippen LogP contribution in [0.25, 0.3) is 0 Å². The van der Waals surface area contributed by atoms with Crippen molar-refractivity contribution in [3.05, 3.63) is 0 Å². The fraction of sp³-hybridized carbons (Fsp3) is 1.00. The Kier molecular flexibility index (Phi) is 0.884. The van der Waals surface area contributed by atoms with Crippen LogP contribution in [0.15, 0.2) is 0 Å². The minimum absolute atomic E-state index is 1.06. The average Bonchev–Trinajstić information content (AvgIpc) is 2.23. The minimum atomic E-state index is 1.06. The van der Waals surface area contributed by atoms with Gasteiger partial charge in [-0.15, -0.1) is 0 Å². The largest absolute Gasteiger partial charge is 0.335 e. The maximum Gasteiger partial charge on any atom is 0.0877 e. The molecule has 3 atom stereocenters. The SMILES string of the molecule is C[NH+]1C[C@H]2CC[C@@H]1C2. The fourth-order valence-electron chi connectivity index (χ4n) is 2.33. The Balaban J connectivity index is 2.11. The van der Waals surface area contributed by atoms with Crippen LogP contribution in [0.3, 0.4) is 0 Å². The van der Waals surface area contributed by atoms with Crippen molar-refractivity contribution >= 4 is 0 Å². The van der Waals surface area contributed by atoms with Crippen LogP contribution in [0.2, 0.25) is 0 Å². The molecule has 2 rings (SSSR count). The third-order valence-electron chi connectivity index (χ3n) is 2.85. The zero-order chi connectivity index (χ0) is 5.56. The van der Waals surface area contributed by atoms with Gasteiger partial charge in [-0.25, -0.2) is 0 Å². The first kappa shape index (κ1) is 4.80. The van der Waals surface area contributed by atoms with Gasteiger partial charge in [-0.1, -0.05) is 0 Å². The number of piperidine rings is 1. The lowest BCUT2D eigenvalue weighted by Crippen LogP contribution is -3.11. The van der Waals surface area contributed by atoms with Gasteiger partial charge in [0, 0.05) is 12.3 Å². The van der Waals surface area contributed by atoms with Crippen molar-refractivity contribution in [1.82, 2.24) is 0 Å². The Labute approximate surface area is 50.7 Å². The molecule has 46 valence electrons. The number of quaternary nitrogens is 1. The summed E-state index contributed by atoms with van der Waals surface area (Å²) in [7, 11) is 2.34. The van der Waals surface area contributed by atoms with Gasteiger partial charge in [-0.05, 0) is 12.8 Å². The second kappa shape index (κ2) is 1.47. The molecule has 2 aliphatic rings. The van der Waals surface area contributed by atoms with E-state index >= 15 is 0 Å². The van der Waals surface area contributed by atoms with Crippen LogP contribution >= 0.6 is 0 Å². The Morgan fingerprint density at radius 2 is 2.25 bits per heavy atom. The van der Waals surface area contributed by atoms with Gasteiger partial charge >= 0.3 is 0 Å². The lowest BCUT2D eigenvalue weighted by molar-refractivity contribution is -0.897. The van der Waals surface area contributed by atoms with Crippen LogP contribution in [0, 0.1) is 5.92 Å². The molecule has 1 nitrogen and oxygen atoms in total. The summed E-state index contributed by atoms with van der Waals surface area (Å²) in [5.41, 5.74) is 0. The summed E-state index contributed by atoms with van der Waals surface area (Å²) in [6.07, 6.45) is 4.57. The van der Waals surface area contributed by atoms with E-state index in [-0.39, 0.29) is 0 Å². The van der Waals surface area contributed by atoms with Gasteiger partial charge in [0.25, 0.3) is 0 Å². The zero-order valence-electron chi connectivity index (χ0n) is 5.48. The van der Waals surface area contributed by atoms with Gasteiger partial charge in [-0.3, -0.25) is 0 Å². The molecule has 1 aliphatic heterocycles. The molecule has 0 aromatic heterocycles. The monoisotopic (exact) mass is 112 g/mol. The van der Waals surface area contributed by atoms with Crippen molar-refractivity contribution in [2.45, 2.75) is 25.3 Å². The topological polar surface area (TPSA) is 4.44 Å². The zero-order valence-corrected chi connectivity index (χ0v) is 5.48. The standard InChI is InChI=1S/C7H13N/c1-8-5-6-2-3-7(8)4-6/h6-7H,2-5H2,1H3/p+1/t6-,7+/m0/s1. The first-order chi connectivity index (χ1) is 3.86. The number of fused-ring (bicyclic) bond motifs is 2. The molecule has 8 heavy (non-hydrogen) atoms. The van der Waals surface area contributed by atoms with E-state index in [0.29, 0.717) is 0 Å². The molecule has 2 fully saturated rings. The van der Waals surface area contributed by atoms with Crippen LogP contribution < -0.4 is 4.90 Å². The number of hydrogen-bond donors (Lipinski definition) is 1. The van der Waals surface area contributed by atoms with Gasteiger partial charge < -0.3 is 4.90 Å². The van der Waals surface area contributed by atoms with Gasteiger partial charge in [-0.2, -0.15) is 0 Å². The van der Waals surface area contributed by atoms with Crippen molar-refractivity contribution < 1.29 is 4.90 Å². The molecule has 0 amide bonds. The van der Waals surface area contributed by atoms with Crippen molar-refractivity contribution in [2.24, 2.45) is 5.92 Å². The van der Waals surface area contributed by atoms with Gasteiger partial charge in [0.1, 0.15) is 0 Å². The minimum Gasteiger partial charge on any atom is -0.335 e.